The average Bonchev–Trinajstić information content (AvgIpc) is 2.35. The predicted octanol–water partition coefficient (Wildman–Crippen LogP) is 0.704. The zero-order chi connectivity index (χ0) is 14.3. The fourth-order valence-electron chi connectivity index (χ4n) is 1.66. The van der Waals surface area contributed by atoms with Crippen LogP contribution in [0, 0.1) is 0 Å². The number of carbonyl (C=O) groups excluding carboxylic acids is 1. The first-order valence-corrected chi connectivity index (χ1v) is 6.17. The molecule has 0 aliphatic rings. The van der Waals surface area contributed by atoms with Gasteiger partial charge in [0.05, 0.1) is 6.42 Å². The molecule has 5 nitrogen and oxygen atoms in total. The van der Waals surface area contributed by atoms with Crippen molar-refractivity contribution < 1.29 is 14.7 Å². The van der Waals surface area contributed by atoms with Crippen molar-refractivity contribution in [1.82, 2.24) is 9.80 Å². The van der Waals surface area contributed by atoms with Crippen molar-refractivity contribution in [3.05, 3.63) is 35.9 Å². The highest BCUT2D eigenvalue weighted by molar-refractivity contribution is 5.83. The Balaban J connectivity index is 2.62. The molecule has 0 spiro atoms. The van der Waals surface area contributed by atoms with Gasteiger partial charge in [-0.1, -0.05) is 30.3 Å². The van der Waals surface area contributed by atoms with Gasteiger partial charge in [-0.05, 0) is 19.7 Å². The number of likely N-dealkylation sites (N-methyl/N-ethyl adjacent to an activating group) is 1. The lowest BCUT2D eigenvalue weighted by Gasteiger charge is -2.22. The zero-order valence-electron chi connectivity index (χ0n) is 11.4. The molecular weight excluding hydrogens is 244 g/mol. The van der Waals surface area contributed by atoms with Crippen LogP contribution in [-0.4, -0.2) is 60.5 Å². The summed E-state index contributed by atoms with van der Waals surface area (Å²) in [5.74, 6) is -1.14. The van der Waals surface area contributed by atoms with Gasteiger partial charge < -0.3 is 14.9 Å². The topological polar surface area (TPSA) is 60.9 Å². The molecule has 104 valence electrons. The van der Waals surface area contributed by atoms with Crippen molar-refractivity contribution in [2.45, 2.75) is 6.42 Å². The van der Waals surface area contributed by atoms with E-state index in [0.29, 0.717) is 13.1 Å². The fourth-order valence-corrected chi connectivity index (χ4v) is 1.66. The van der Waals surface area contributed by atoms with E-state index < -0.39 is 5.97 Å². The molecule has 0 unspecified atom stereocenters. The average molecular weight is 264 g/mol. The Morgan fingerprint density at radius 2 is 1.74 bits per heavy atom. The third kappa shape index (κ3) is 6.01. The molecule has 0 heterocycles. The van der Waals surface area contributed by atoms with Crippen molar-refractivity contribution in [3.8, 4) is 0 Å². The Kier molecular flexibility index (Phi) is 6.02. The van der Waals surface area contributed by atoms with Gasteiger partial charge in [0.2, 0.25) is 5.91 Å². The molecule has 5 heteroatoms. The molecule has 1 rings (SSSR count). The van der Waals surface area contributed by atoms with Crippen LogP contribution in [0.1, 0.15) is 5.56 Å². The third-order valence-electron chi connectivity index (χ3n) is 2.69. The number of carboxylic acids is 1. The first kappa shape index (κ1) is 15.2. The maximum absolute atomic E-state index is 12.1. The molecule has 0 aromatic heterocycles. The van der Waals surface area contributed by atoms with Gasteiger partial charge in [-0.3, -0.25) is 9.59 Å². The molecule has 1 amide bonds. The van der Waals surface area contributed by atoms with Crippen LogP contribution >= 0.6 is 0 Å². The lowest BCUT2D eigenvalue weighted by molar-refractivity contribution is -0.144. The molecule has 0 atom stereocenters. The van der Waals surface area contributed by atoms with E-state index in [-0.39, 0.29) is 18.9 Å². The Morgan fingerprint density at radius 1 is 1.11 bits per heavy atom. The van der Waals surface area contributed by atoms with Gasteiger partial charge in [0.15, 0.2) is 0 Å². The van der Waals surface area contributed by atoms with E-state index in [0.717, 1.165) is 5.56 Å². The van der Waals surface area contributed by atoms with Crippen LogP contribution < -0.4 is 0 Å². The highest BCUT2D eigenvalue weighted by Crippen LogP contribution is 2.03. The first-order valence-electron chi connectivity index (χ1n) is 6.17. The second-order valence-electron chi connectivity index (χ2n) is 4.67. The van der Waals surface area contributed by atoms with Gasteiger partial charge in [-0.2, -0.15) is 0 Å². The normalized spacial score (nSPS) is 10.5. The van der Waals surface area contributed by atoms with Gasteiger partial charge in [-0.15, -0.1) is 0 Å². The molecule has 0 saturated heterocycles. The molecule has 19 heavy (non-hydrogen) atoms. The van der Waals surface area contributed by atoms with Crippen LogP contribution in [0.4, 0.5) is 0 Å². The molecule has 1 N–H and O–H groups in total. The maximum atomic E-state index is 12.1. The van der Waals surface area contributed by atoms with Gasteiger partial charge in [-0.25, -0.2) is 0 Å². The summed E-state index contributed by atoms with van der Waals surface area (Å²) in [5.41, 5.74) is 0.896. The number of hydrogen-bond donors (Lipinski definition) is 1. The van der Waals surface area contributed by atoms with E-state index in [1.165, 1.54) is 4.90 Å². The van der Waals surface area contributed by atoms with Crippen LogP contribution in [-0.2, 0) is 16.0 Å². The summed E-state index contributed by atoms with van der Waals surface area (Å²) in [5, 5.41) is 8.86. The molecule has 0 bridgehead atoms. The van der Waals surface area contributed by atoms with Crippen molar-refractivity contribution in [2.24, 2.45) is 0 Å². The van der Waals surface area contributed by atoms with Crippen molar-refractivity contribution >= 4 is 11.9 Å². The summed E-state index contributed by atoms with van der Waals surface area (Å²) in [6.07, 6.45) is 0.238. The lowest BCUT2D eigenvalue weighted by Crippen LogP contribution is -2.40. The smallest absolute Gasteiger partial charge is 0.323 e. The number of hydrogen-bond acceptors (Lipinski definition) is 3. The summed E-state index contributed by atoms with van der Waals surface area (Å²) in [7, 11) is 3.78. The largest absolute Gasteiger partial charge is 0.480 e. The van der Waals surface area contributed by atoms with Gasteiger partial charge in [0, 0.05) is 13.1 Å². The Hall–Kier alpha value is -1.88. The SMILES string of the molecule is CN(C)CCN(CC(=O)O)C(=O)Cc1ccccc1. The Bertz CT molecular complexity index is 418. The monoisotopic (exact) mass is 264 g/mol. The minimum absolute atomic E-state index is 0.157. The number of carbonyl (C=O) groups is 2. The zero-order valence-corrected chi connectivity index (χ0v) is 11.4. The van der Waals surface area contributed by atoms with E-state index in [9.17, 15) is 9.59 Å². The highest BCUT2D eigenvalue weighted by atomic mass is 16.4. The highest BCUT2D eigenvalue weighted by Gasteiger charge is 2.16. The maximum Gasteiger partial charge on any atom is 0.323 e. The summed E-state index contributed by atoms with van der Waals surface area (Å²) >= 11 is 0. The molecule has 0 radical (unpaired) electrons. The summed E-state index contributed by atoms with van der Waals surface area (Å²) in [4.78, 5) is 26.2. The number of nitrogens with zero attached hydrogens (tertiary/aromatic N) is 2. The van der Waals surface area contributed by atoms with E-state index in [4.69, 9.17) is 5.11 Å². The first-order chi connectivity index (χ1) is 8.99. The minimum atomic E-state index is -0.986. The Morgan fingerprint density at radius 3 is 2.26 bits per heavy atom. The van der Waals surface area contributed by atoms with Gasteiger partial charge >= 0.3 is 5.97 Å². The van der Waals surface area contributed by atoms with Crippen molar-refractivity contribution in [2.75, 3.05) is 33.7 Å². The quantitative estimate of drug-likeness (QED) is 0.787. The van der Waals surface area contributed by atoms with E-state index >= 15 is 0 Å². The van der Waals surface area contributed by atoms with E-state index in [1.54, 1.807) is 0 Å². The number of benzene rings is 1. The number of carboxylic acid groups (broad SMARTS) is 1. The molecule has 0 aliphatic carbocycles. The van der Waals surface area contributed by atoms with Crippen LogP contribution in [0.5, 0.6) is 0 Å². The van der Waals surface area contributed by atoms with Crippen molar-refractivity contribution in [1.29, 1.82) is 0 Å². The molecule has 1 aromatic carbocycles. The molecular formula is C14H20N2O3. The second-order valence-corrected chi connectivity index (χ2v) is 4.67. The van der Waals surface area contributed by atoms with Crippen LogP contribution in [0.3, 0.4) is 0 Å². The number of rotatable bonds is 7. The van der Waals surface area contributed by atoms with Crippen molar-refractivity contribution in [3.63, 3.8) is 0 Å². The molecule has 1 aromatic rings. The summed E-state index contributed by atoms with van der Waals surface area (Å²) < 4.78 is 0. The second kappa shape index (κ2) is 7.53. The fraction of sp³-hybridized carbons (Fsp3) is 0.429. The van der Waals surface area contributed by atoms with Crippen LogP contribution in [0.25, 0.3) is 0 Å². The number of amides is 1. The van der Waals surface area contributed by atoms with Crippen LogP contribution in [0.15, 0.2) is 30.3 Å². The van der Waals surface area contributed by atoms with E-state index in [2.05, 4.69) is 0 Å². The van der Waals surface area contributed by atoms with E-state index in [1.807, 2.05) is 49.3 Å². The summed E-state index contributed by atoms with van der Waals surface area (Å²) in [6, 6.07) is 9.34. The lowest BCUT2D eigenvalue weighted by atomic mass is 10.1. The Labute approximate surface area is 113 Å². The predicted molar refractivity (Wildman–Crippen MR) is 72.9 cm³/mol. The molecule has 0 saturated carbocycles. The third-order valence-corrected chi connectivity index (χ3v) is 2.69. The molecule has 0 fully saturated rings. The number of aliphatic carboxylic acids is 1. The van der Waals surface area contributed by atoms with Gasteiger partial charge in [0.1, 0.15) is 6.54 Å². The summed E-state index contributed by atoms with van der Waals surface area (Å²) in [6.45, 7) is 0.818. The molecule has 0 aliphatic heterocycles. The van der Waals surface area contributed by atoms with Crippen LogP contribution in [0.2, 0.25) is 0 Å². The standard InChI is InChI=1S/C14H20N2O3/c1-15(2)8-9-16(11-14(18)19)13(17)10-12-6-4-3-5-7-12/h3-7H,8-11H2,1-2H3,(H,18,19). The van der Waals surface area contributed by atoms with Gasteiger partial charge in [0.25, 0.3) is 0 Å². The minimum Gasteiger partial charge on any atom is -0.480 e.